The molecule has 2 rings (SSSR count). The summed E-state index contributed by atoms with van der Waals surface area (Å²) in [6.45, 7) is 1.66. The van der Waals surface area contributed by atoms with Gasteiger partial charge in [-0.3, -0.25) is 0 Å². The second-order valence-corrected chi connectivity index (χ2v) is 6.77. The number of phenols is 1. The fraction of sp³-hybridized carbons (Fsp3) is 0.278. The lowest BCUT2D eigenvalue weighted by molar-refractivity contribution is -0.150. The molecule has 0 radical (unpaired) electrons. The van der Waals surface area contributed by atoms with Crippen LogP contribution in [-0.4, -0.2) is 34.1 Å². The predicted octanol–water partition coefficient (Wildman–Crippen LogP) is 2.65. The van der Waals surface area contributed by atoms with Crippen LogP contribution >= 0.6 is 0 Å². The van der Waals surface area contributed by atoms with Crippen molar-refractivity contribution in [3.8, 4) is 11.5 Å². The summed E-state index contributed by atoms with van der Waals surface area (Å²) < 4.78 is 22.5. The van der Waals surface area contributed by atoms with Crippen molar-refractivity contribution in [3.63, 3.8) is 0 Å². The van der Waals surface area contributed by atoms with Crippen LogP contribution in [0, 0.1) is 0 Å². The normalized spacial score (nSPS) is 13.1. The number of hydrogen-bond acceptors (Lipinski definition) is 5. The largest absolute Gasteiger partial charge is 0.616 e. The van der Waals surface area contributed by atoms with Crippen LogP contribution < -0.4 is 4.74 Å². The molecule has 0 spiro atoms. The van der Waals surface area contributed by atoms with Gasteiger partial charge >= 0.3 is 5.97 Å². The first kappa shape index (κ1) is 18.2. The fourth-order valence-electron chi connectivity index (χ4n) is 1.96. The summed E-state index contributed by atoms with van der Waals surface area (Å²) in [5, 5.41) is 9.20. The van der Waals surface area contributed by atoms with Gasteiger partial charge in [0, 0.05) is 5.56 Å². The Kier molecular flexibility index (Phi) is 6.96. The minimum atomic E-state index is -1.09. The lowest BCUT2D eigenvalue weighted by Crippen LogP contribution is -2.28. The highest BCUT2D eigenvalue weighted by atomic mass is 32.2. The van der Waals surface area contributed by atoms with Crippen LogP contribution in [0.3, 0.4) is 0 Å². The molecule has 2 aromatic rings. The number of rotatable bonds is 8. The Morgan fingerprint density at radius 1 is 1.17 bits per heavy atom. The molecule has 0 saturated carbocycles. The third-order valence-electron chi connectivity index (χ3n) is 3.21. The predicted molar refractivity (Wildman–Crippen MR) is 92.3 cm³/mol. The van der Waals surface area contributed by atoms with Gasteiger partial charge in [0.2, 0.25) is 0 Å². The summed E-state index contributed by atoms with van der Waals surface area (Å²) in [4.78, 5) is 11.9. The molecule has 2 aromatic carbocycles. The second kappa shape index (κ2) is 9.20. The van der Waals surface area contributed by atoms with Crippen molar-refractivity contribution in [1.82, 2.24) is 0 Å². The topological polar surface area (TPSA) is 78.8 Å². The first-order chi connectivity index (χ1) is 11.5. The first-order valence-electron chi connectivity index (χ1n) is 7.56. The number of phenolic OH excluding ortho intramolecular Hbond substituents is 1. The number of carbonyl (C=O) groups is 1. The van der Waals surface area contributed by atoms with E-state index in [1.54, 1.807) is 19.1 Å². The molecule has 0 amide bonds. The molecule has 1 N–H and O–H groups in total. The minimum absolute atomic E-state index is 0.0849. The van der Waals surface area contributed by atoms with Crippen molar-refractivity contribution < 1.29 is 23.9 Å². The molecule has 6 heteroatoms. The number of esters is 1. The number of ether oxygens (including phenoxy) is 2. The monoisotopic (exact) mass is 348 g/mol. The maximum atomic E-state index is 12.0. The Hall–Kier alpha value is -2.18. The Morgan fingerprint density at radius 3 is 2.50 bits per heavy atom. The van der Waals surface area contributed by atoms with Crippen LogP contribution in [0.15, 0.2) is 54.6 Å². The van der Waals surface area contributed by atoms with Crippen molar-refractivity contribution in [2.75, 3.05) is 12.4 Å². The summed E-state index contributed by atoms with van der Waals surface area (Å²) in [7, 11) is 0. The van der Waals surface area contributed by atoms with E-state index in [-0.39, 0.29) is 18.1 Å². The lowest BCUT2D eigenvalue weighted by atomic mass is 10.2. The summed E-state index contributed by atoms with van der Waals surface area (Å²) in [5.41, 5.74) is 0.992. The van der Waals surface area contributed by atoms with Crippen molar-refractivity contribution in [2.24, 2.45) is 0 Å². The van der Waals surface area contributed by atoms with E-state index in [0.717, 1.165) is 5.56 Å². The highest BCUT2D eigenvalue weighted by Crippen LogP contribution is 2.17. The average molecular weight is 348 g/mol. The highest BCUT2D eigenvalue weighted by molar-refractivity contribution is 7.90. The van der Waals surface area contributed by atoms with Crippen LogP contribution in [0.2, 0.25) is 0 Å². The van der Waals surface area contributed by atoms with Crippen LogP contribution in [0.1, 0.15) is 12.5 Å². The third-order valence-corrected chi connectivity index (χ3v) is 4.48. The van der Waals surface area contributed by atoms with E-state index in [2.05, 4.69) is 0 Å². The third kappa shape index (κ3) is 6.14. The highest BCUT2D eigenvalue weighted by Gasteiger charge is 2.17. The zero-order chi connectivity index (χ0) is 17.4. The Balaban J connectivity index is 1.69. The van der Waals surface area contributed by atoms with Gasteiger partial charge in [-0.25, -0.2) is 4.79 Å². The SMILES string of the molecule is CC(Oc1ccc(O)cc1)C(=O)OCC[S+]([O-])Cc1ccccc1. The van der Waals surface area contributed by atoms with Gasteiger partial charge in [0.05, 0.1) is 0 Å². The molecule has 2 atom stereocenters. The summed E-state index contributed by atoms with van der Waals surface area (Å²) in [6, 6.07) is 15.6. The molecule has 0 fully saturated rings. The van der Waals surface area contributed by atoms with E-state index in [1.807, 2.05) is 30.3 Å². The van der Waals surface area contributed by atoms with Gasteiger partial charge < -0.3 is 19.1 Å². The van der Waals surface area contributed by atoms with Gasteiger partial charge in [-0.15, -0.1) is 0 Å². The molecule has 0 saturated heterocycles. The number of hydrogen-bond donors (Lipinski definition) is 1. The molecule has 0 aliphatic heterocycles. The molecule has 5 nitrogen and oxygen atoms in total. The maximum absolute atomic E-state index is 12.0. The molecule has 0 bridgehead atoms. The van der Waals surface area contributed by atoms with Crippen molar-refractivity contribution in [1.29, 1.82) is 0 Å². The average Bonchev–Trinajstić information content (AvgIpc) is 2.57. The summed E-state index contributed by atoms with van der Waals surface area (Å²) in [5.74, 6) is 0.799. The minimum Gasteiger partial charge on any atom is -0.616 e. The van der Waals surface area contributed by atoms with Crippen molar-refractivity contribution in [3.05, 3.63) is 60.2 Å². The Labute approximate surface area is 144 Å². The van der Waals surface area contributed by atoms with E-state index in [9.17, 15) is 14.5 Å². The van der Waals surface area contributed by atoms with E-state index in [0.29, 0.717) is 11.5 Å². The lowest BCUT2D eigenvalue weighted by Gasteiger charge is -2.15. The molecular weight excluding hydrogens is 328 g/mol. The summed E-state index contributed by atoms with van der Waals surface area (Å²) in [6.07, 6.45) is -0.780. The Morgan fingerprint density at radius 2 is 1.83 bits per heavy atom. The molecule has 2 unspecified atom stereocenters. The number of carbonyl (C=O) groups excluding carboxylic acids is 1. The fourth-order valence-corrected chi connectivity index (χ4v) is 2.94. The van der Waals surface area contributed by atoms with Crippen molar-refractivity contribution >= 4 is 17.1 Å². The molecule has 0 aliphatic rings. The molecule has 0 aromatic heterocycles. The maximum Gasteiger partial charge on any atom is 0.347 e. The van der Waals surface area contributed by atoms with Crippen LogP contribution in [0.4, 0.5) is 0 Å². The van der Waals surface area contributed by atoms with E-state index >= 15 is 0 Å². The van der Waals surface area contributed by atoms with E-state index in [4.69, 9.17) is 9.47 Å². The number of aromatic hydroxyl groups is 1. The smallest absolute Gasteiger partial charge is 0.347 e. The molecule has 24 heavy (non-hydrogen) atoms. The van der Waals surface area contributed by atoms with Gasteiger partial charge in [-0.05, 0) is 42.4 Å². The first-order valence-corrected chi connectivity index (χ1v) is 9.04. The van der Waals surface area contributed by atoms with Gasteiger partial charge in [0.15, 0.2) is 6.10 Å². The van der Waals surface area contributed by atoms with Gasteiger partial charge in [0.25, 0.3) is 0 Å². The van der Waals surface area contributed by atoms with Gasteiger partial charge in [-0.1, -0.05) is 30.3 Å². The zero-order valence-corrected chi connectivity index (χ0v) is 14.2. The molecule has 0 heterocycles. The van der Waals surface area contributed by atoms with Crippen LogP contribution in [0.25, 0.3) is 0 Å². The quantitative estimate of drug-likeness (QED) is 0.586. The molecular formula is C18H20O5S. The number of benzene rings is 2. The zero-order valence-electron chi connectivity index (χ0n) is 13.4. The van der Waals surface area contributed by atoms with Crippen LogP contribution in [0.5, 0.6) is 11.5 Å². The standard InChI is InChI=1S/C18H20O5S/c1-14(23-17-9-7-16(19)8-10-17)18(20)22-11-12-24(21)13-15-5-3-2-4-6-15/h2-10,14,19H,11-13H2,1H3. The Bertz CT molecular complexity index is 630. The van der Waals surface area contributed by atoms with E-state index < -0.39 is 23.2 Å². The van der Waals surface area contributed by atoms with Crippen LogP contribution in [-0.2, 0) is 26.5 Å². The second-order valence-electron chi connectivity index (χ2n) is 5.20. The molecule has 128 valence electrons. The molecule has 0 aliphatic carbocycles. The van der Waals surface area contributed by atoms with Crippen molar-refractivity contribution in [2.45, 2.75) is 18.8 Å². The van der Waals surface area contributed by atoms with Gasteiger partial charge in [0.1, 0.15) is 29.6 Å². The van der Waals surface area contributed by atoms with E-state index in [1.165, 1.54) is 12.1 Å². The summed E-state index contributed by atoms with van der Waals surface area (Å²) >= 11 is -1.09. The van der Waals surface area contributed by atoms with Gasteiger partial charge in [-0.2, -0.15) is 0 Å².